The molecule has 28 heavy (non-hydrogen) atoms. The molecule has 0 aromatic heterocycles. The number of hydrogen-bond acceptors (Lipinski definition) is 3. The smallest absolute Gasteiger partial charge is 0.225 e. The van der Waals surface area contributed by atoms with Gasteiger partial charge in [0.2, 0.25) is 11.8 Å². The first kappa shape index (κ1) is 19.3. The van der Waals surface area contributed by atoms with Crippen molar-refractivity contribution in [2.45, 2.75) is 51.5 Å². The number of rotatable bonds is 7. The number of carbonyl (C=O) groups is 2. The highest BCUT2D eigenvalue weighted by Gasteiger charge is 2.43. The SMILES string of the molecule is COc1ccc(CCN2C[C@H](C(=O)N[C@@H](C)[C@@H]3C[C@H]4CC[C@H]3C4)CC2=O)cc1. The standard InChI is InChI=1S/C23H32N2O3/c1-15(21-12-17-3-6-18(21)11-17)24-23(27)19-13-22(26)25(14-19)10-9-16-4-7-20(28-2)8-5-16/h4-5,7-8,15,17-19,21H,3,6,9-14H2,1-2H3,(H,24,27)/t15-,17-,18-,19+,21-/m0/s1. The Labute approximate surface area is 167 Å². The molecule has 0 spiro atoms. The first-order valence-electron chi connectivity index (χ1n) is 10.7. The molecule has 1 aromatic rings. The summed E-state index contributed by atoms with van der Waals surface area (Å²) in [5.74, 6) is 3.11. The zero-order valence-electron chi connectivity index (χ0n) is 17.0. The number of methoxy groups -OCH3 is 1. The molecule has 1 N–H and O–H groups in total. The number of carbonyl (C=O) groups excluding carboxylic acids is 2. The van der Waals surface area contributed by atoms with Gasteiger partial charge in [-0.2, -0.15) is 0 Å². The maximum atomic E-state index is 12.8. The van der Waals surface area contributed by atoms with Gasteiger partial charge in [-0.05, 0) is 68.1 Å². The summed E-state index contributed by atoms with van der Waals surface area (Å²) in [5, 5.41) is 3.24. The molecular weight excluding hydrogens is 352 g/mol. The molecule has 5 nitrogen and oxygen atoms in total. The molecule has 1 aliphatic heterocycles. The van der Waals surface area contributed by atoms with E-state index in [0.29, 0.717) is 25.4 Å². The Morgan fingerprint density at radius 2 is 2.04 bits per heavy atom. The molecule has 3 aliphatic rings. The summed E-state index contributed by atoms with van der Waals surface area (Å²) < 4.78 is 5.18. The Balaban J connectivity index is 1.25. The quantitative estimate of drug-likeness (QED) is 0.786. The summed E-state index contributed by atoms with van der Waals surface area (Å²) in [7, 11) is 1.65. The van der Waals surface area contributed by atoms with Crippen LogP contribution in [0.25, 0.3) is 0 Å². The lowest BCUT2D eigenvalue weighted by Gasteiger charge is -2.29. The zero-order chi connectivity index (χ0) is 19.7. The van der Waals surface area contributed by atoms with Gasteiger partial charge in [-0.15, -0.1) is 0 Å². The molecule has 3 fully saturated rings. The molecule has 0 unspecified atom stereocenters. The lowest BCUT2D eigenvalue weighted by Crippen LogP contribution is -2.43. The van der Waals surface area contributed by atoms with E-state index in [2.05, 4.69) is 12.2 Å². The van der Waals surface area contributed by atoms with E-state index in [1.807, 2.05) is 29.2 Å². The van der Waals surface area contributed by atoms with Crippen LogP contribution in [0.3, 0.4) is 0 Å². The molecule has 1 heterocycles. The summed E-state index contributed by atoms with van der Waals surface area (Å²) >= 11 is 0. The molecule has 0 radical (unpaired) electrons. The number of benzene rings is 1. The molecule has 2 bridgehead atoms. The van der Waals surface area contributed by atoms with E-state index in [0.717, 1.165) is 24.0 Å². The highest BCUT2D eigenvalue weighted by Crippen LogP contribution is 2.49. The van der Waals surface area contributed by atoms with Crippen molar-refractivity contribution in [1.82, 2.24) is 10.2 Å². The fraction of sp³-hybridized carbons (Fsp3) is 0.652. The third kappa shape index (κ3) is 4.03. The first-order valence-corrected chi connectivity index (χ1v) is 10.7. The van der Waals surface area contributed by atoms with Crippen molar-refractivity contribution in [3.8, 4) is 5.75 Å². The summed E-state index contributed by atoms with van der Waals surface area (Å²) in [4.78, 5) is 27.0. The van der Waals surface area contributed by atoms with E-state index in [9.17, 15) is 9.59 Å². The third-order valence-corrected chi connectivity index (χ3v) is 7.22. The Kier molecular flexibility index (Phi) is 5.61. The van der Waals surface area contributed by atoms with Crippen LogP contribution in [-0.4, -0.2) is 43.0 Å². The van der Waals surface area contributed by atoms with Crippen molar-refractivity contribution in [2.75, 3.05) is 20.2 Å². The minimum absolute atomic E-state index is 0.0653. The van der Waals surface area contributed by atoms with Crippen LogP contribution in [0.2, 0.25) is 0 Å². The van der Waals surface area contributed by atoms with Crippen LogP contribution in [0.15, 0.2) is 24.3 Å². The van der Waals surface area contributed by atoms with Crippen LogP contribution in [0, 0.1) is 23.7 Å². The highest BCUT2D eigenvalue weighted by molar-refractivity contribution is 5.89. The summed E-state index contributed by atoms with van der Waals surface area (Å²) in [6, 6.07) is 8.16. The van der Waals surface area contributed by atoms with Gasteiger partial charge in [0.05, 0.1) is 13.0 Å². The van der Waals surface area contributed by atoms with Gasteiger partial charge in [0.1, 0.15) is 5.75 Å². The van der Waals surface area contributed by atoms with E-state index < -0.39 is 0 Å². The first-order chi connectivity index (χ1) is 13.5. The predicted octanol–water partition coefficient (Wildman–Crippen LogP) is 3.03. The molecule has 5 heteroatoms. The summed E-state index contributed by atoms with van der Waals surface area (Å²) in [6.07, 6.45) is 6.47. The minimum atomic E-state index is -0.204. The fourth-order valence-corrected chi connectivity index (χ4v) is 5.58. The largest absolute Gasteiger partial charge is 0.497 e. The minimum Gasteiger partial charge on any atom is -0.497 e. The second-order valence-corrected chi connectivity index (χ2v) is 8.97. The lowest BCUT2D eigenvalue weighted by atomic mass is 9.84. The molecule has 1 saturated heterocycles. The van der Waals surface area contributed by atoms with Crippen LogP contribution in [0.5, 0.6) is 5.75 Å². The molecule has 1 aromatic carbocycles. The van der Waals surface area contributed by atoms with Crippen molar-refractivity contribution >= 4 is 11.8 Å². The Morgan fingerprint density at radius 3 is 2.68 bits per heavy atom. The van der Waals surface area contributed by atoms with Gasteiger partial charge in [0, 0.05) is 25.6 Å². The van der Waals surface area contributed by atoms with Crippen LogP contribution >= 0.6 is 0 Å². The zero-order valence-corrected chi connectivity index (χ0v) is 17.0. The highest BCUT2D eigenvalue weighted by atomic mass is 16.5. The molecule has 2 aliphatic carbocycles. The molecular formula is C23H32N2O3. The summed E-state index contributed by atoms with van der Waals surface area (Å²) in [5.41, 5.74) is 1.17. The van der Waals surface area contributed by atoms with Gasteiger partial charge in [0.15, 0.2) is 0 Å². The number of nitrogens with one attached hydrogen (secondary N) is 1. The second-order valence-electron chi connectivity index (χ2n) is 8.97. The average molecular weight is 385 g/mol. The van der Waals surface area contributed by atoms with Crippen molar-refractivity contribution in [2.24, 2.45) is 23.7 Å². The Morgan fingerprint density at radius 1 is 1.25 bits per heavy atom. The Hall–Kier alpha value is -2.04. The van der Waals surface area contributed by atoms with Crippen LogP contribution < -0.4 is 10.1 Å². The van der Waals surface area contributed by atoms with E-state index >= 15 is 0 Å². The van der Waals surface area contributed by atoms with Crippen molar-refractivity contribution in [1.29, 1.82) is 0 Å². The lowest BCUT2D eigenvalue weighted by molar-refractivity contribution is -0.129. The van der Waals surface area contributed by atoms with Gasteiger partial charge >= 0.3 is 0 Å². The maximum Gasteiger partial charge on any atom is 0.225 e. The van der Waals surface area contributed by atoms with Gasteiger partial charge in [-0.3, -0.25) is 9.59 Å². The normalized spacial score (nSPS) is 29.9. The molecule has 4 rings (SSSR count). The summed E-state index contributed by atoms with van der Waals surface area (Å²) in [6.45, 7) is 3.36. The van der Waals surface area contributed by atoms with Gasteiger partial charge in [0.25, 0.3) is 0 Å². The van der Waals surface area contributed by atoms with Crippen LogP contribution in [-0.2, 0) is 16.0 Å². The monoisotopic (exact) mass is 384 g/mol. The number of fused-ring (bicyclic) bond motifs is 2. The van der Waals surface area contributed by atoms with Crippen LogP contribution in [0.4, 0.5) is 0 Å². The number of nitrogens with zero attached hydrogens (tertiary/aromatic N) is 1. The van der Waals surface area contributed by atoms with Gasteiger partial charge in [-0.25, -0.2) is 0 Å². The van der Waals surface area contributed by atoms with Crippen molar-refractivity contribution < 1.29 is 14.3 Å². The number of amides is 2. The molecule has 2 saturated carbocycles. The van der Waals surface area contributed by atoms with Crippen LogP contribution in [0.1, 0.15) is 44.6 Å². The van der Waals surface area contributed by atoms with E-state index in [-0.39, 0.29) is 23.8 Å². The van der Waals surface area contributed by atoms with E-state index in [4.69, 9.17) is 4.74 Å². The van der Waals surface area contributed by atoms with Crippen molar-refractivity contribution in [3.05, 3.63) is 29.8 Å². The van der Waals surface area contributed by atoms with E-state index in [1.54, 1.807) is 7.11 Å². The van der Waals surface area contributed by atoms with E-state index in [1.165, 1.54) is 31.2 Å². The predicted molar refractivity (Wildman–Crippen MR) is 108 cm³/mol. The topological polar surface area (TPSA) is 58.6 Å². The molecule has 152 valence electrons. The fourth-order valence-electron chi connectivity index (χ4n) is 5.58. The van der Waals surface area contributed by atoms with Crippen molar-refractivity contribution in [3.63, 3.8) is 0 Å². The number of likely N-dealkylation sites (tertiary alicyclic amines) is 1. The maximum absolute atomic E-state index is 12.8. The molecule has 5 atom stereocenters. The van der Waals surface area contributed by atoms with Gasteiger partial charge in [-0.1, -0.05) is 18.6 Å². The average Bonchev–Trinajstić information content (AvgIpc) is 3.42. The molecule has 2 amide bonds. The Bertz CT molecular complexity index is 717. The van der Waals surface area contributed by atoms with Gasteiger partial charge < -0.3 is 15.0 Å². The number of hydrogen-bond donors (Lipinski definition) is 1. The number of ether oxygens (including phenoxy) is 1. The third-order valence-electron chi connectivity index (χ3n) is 7.22. The second kappa shape index (κ2) is 8.14.